The predicted molar refractivity (Wildman–Crippen MR) is 111 cm³/mol. The van der Waals surface area contributed by atoms with Gasteiger partial charge in [-0.25, -0.2) is 8.91 Å². The molecule has 2 aromatic heterocycles. The topological polar surface area (TPSA) is 68.5 Å². The zero-order valence-electron chi connectivity index (χ0n) is 15.9. The number of hydrogen-bond donors (Lipinski definition) is 1. The lowest BCUT2D eigenvalue weighted by molar-refractivity contribution is 0.102. The van der Waals surface area contributed by atoms with Crippen molar-refractivity contribution in [2.45, 2.75) is 13.8 Å². The fourth-order valence-corrected chi connectivity index (χ4v) is 3.52. The highest BCUT2D eigenvalue weighted by atomic mass is 32.1. The van der Waals surface area contributed by atoms with Crippen molar-refractivity contribution in [1.29, 1.82) is 0 Å². The number of carbonyl (C=O) groups is 1. The summed E-state index contributed by atoms with van der Waals surface area (Å²) in [4.78, 5) is 17.5. The zero-order valence-corrected chi connectivity index (χ0v) is 16.7. The van der Waals surface area contributed by atoms with Gasteiger partial charge in [0.25, 0.3) is 11.9 Å². The summed E-state index contributed by atoms with van der Waals surface area (Å²) in [5, 5.41) is 8.98. The molecule has 0 unspecified atom stereocenters. The van der Waals surface area contributed by atoms with Crippen LogP contribution in [0.2, 0.25) is 0 Å². The Morgan fingerprint density at radius 1 is 1.17 bits per heavy atom. The molecule has 0 fully saturated rings. The van der Waals surface area contributed by atoms with Gasteiger partial charge in [0.2, 0.25) is 4.96 Å². The summed E-state index contributed by atoms with van der Waals surface area (Å²) in [6, 6.07) is 13.1. The Morgan fingerprint density at radius 2 is 1.90 bits per heavy atom. The van der Waals surface area contributed by atoms with Crippen molar-refractivity contribution < 1.29 is 13.9 Å². The van der Waals surface area contributed by atoms with Crippen molar-refractivity contribution in [3.05, 3.63) is 65.3 Å². The van der Waals surface area contributed by atoms with Crippen LogP contribution >= 0.6 is 11.3 Å². The molecule has 4 rings (SSSR count). The molecule has 0 saturated carbocycles. The van der Waals surface area contributed by atoms with Gasteiger partial charge in [-0.3, -0.25) is 10.1 Å². The largest absolute Gasteiger partial charge is 0.493 e. The van der Waals surface area contributed by atoms with Gasteiger partial charge in [-0.15, -0.1) is 16.4 Å². The highest BCUT2D eigenvalue weighted by molar-refractivity contribution is 7.15. The number of nitrogens with one attached hydrogen (secondary N) is 1. The van der Waals surface area contributed by atoms with Gasteiger partial charge in [0.05, 0.1) is 12.3 Å². The lowest BCUT2D eigenvalue weighted by atomic mass is 10.2. The van der Waals surface area contributed by atoms with Crippen molar-refractivity contribution in [3.63, 3.8) is 0 Å². The monoisotopic (exact) mass is 410 g/mol. The molecular weight excluding hydrogens is 391 g/mol. The number of benzene rings is 2. The second kappa shape index (κ2) is 8.00. The summed E-state index contributed by atoms with van der Waals surface area (Å²) in [7, 11) is 0. The van der Waals surface area contributed by atoms with Crippen molar-refractivity contribution in [1.82, 2.24) is 14.6 Å². The van der Waals surface area contributed by atoms with Gasteiger partial charge in [0, 0.05) is 16.5 Å². The van der Waals surface area contributed by atoms with Crippen LogP contribution in [-0.4, -0.2) is 27.1 Å². The van der Waals surface area contributed by atoms with Crippen molar-refractivity contribution >= 4 is 28.2 Å². The summed E-state index contributed by atoms with van der Waals surface area (Å²) < 4.78 is 20.4. The average molecular weight is 410 g/mol. The Bertz CT molecular complexity index is 1130. The van der Waals surface area contributed by atoms with Crippen LogP contribution in [0.3, 0.4) is 0 Å². The molecule has 0 radical (unpaired) electrons. The maximum absolute atomic E-state index is 13.2. The van der Waals surface area contributed by atoms with Crippen LogP contribution < -0.4 is 10.1 Å². The second-order valence-electron chi connectivity index (χ2n) is 6.94. The van der Waals surface area contributed by atoms with E-state index in [1.54, 1.807) is 40.9 Å². The van der Waals surface area contributed by atoms with E-state index in [9.17, 15) is 9.18 Å². The molecule has 0 aliphatic rings. The van der Waals surface area contributed by atoms with Gasteiger partial charge in [0.15, 0.2) is 0 Å². The van der Waals surface area contributed by atoms with Gasteiger partial charge in [-0.1, -0.05) is 13.8 Å². The van der Waals surface area contributed by atoms with Crippen LogP contribution in [0.5, 0.6) is 5.75 Å². The third kappa shape index (κ3) is 4.27. The average Bonchev–Trinajstić information content (AvgIpc) is 3.27. The molecule has 1 amide bonds. The van der Waals surface area contributed by atoms with Crippen LogP contribution in [0, 0.1) is 11.7 Å². The molecule has 1 N–H and O–H groups in total. The lowest BCUT2D eigenvalue weighted by Gasteiger charge is -2.09. The Kier molecular flexibility index (Phi) is 5.26. The van der Waals surface area contributed by atoms with Crippen LogP contribution in [0.4, 0.5) is 10.3 Å². The van der Waals surface area contributed by atoms with Gasteiger partial charge < -0.3 is 4.74 Å². The number of nitrogens with zero attached hydrogens (tertiary/aromatic N) is 3. The fourth-order valence-electron chi connectivity index (χ4n) is 2.69. The molecule has 0 spiro atoms. The summed E-state index contributed by atoms with van der Waals surface area (Å²) in [6.45, 7) is 4.77. The van der Waals surface area contributed by atoms with E-state index < -0.39 is 0 Å². The quantitative estimate of drug-likeness (QED) is 0.492. The molecule has 0 atom stereocenters. The first-order chi connectivity index (χ1) is 14.0. The number of carbonyl (C=O) groups excluding carboxylic acids is 1. The second-order valence-corrected chi connectivity index (χ2v) is 7.78. The predicted octanol–water partition coefficient (Wildman–Crippen LogP) is 4.88. The van der Waals surface area contributed by atoms with Crippen LogP contribution in [0.25, 0.3) is 16.2 Å². The minimum absolute atomic E-state index is 0.213. The smallest absolute Gasteiger partial charge is 0.258 e. The summed E-state index contributed by atoms with van der Waals surface area (Å²) in [5.74, 6) is 0.762. The number of halogens is 1. The Balaban J connectivity index is 1.49. The number of fused-ring (bicyclic) bond motifs is 1. The first-order valence-corrected chi connectivity index (χ1v) is 10.0. The highest BCUT2D eigenvalue weighted by Crippen LogP contribution is 2.26. The van der Waals surface area contributed by atoms with Crippen molar-refractivity contribution in [2.75, 3.05) is 11.9 Å². The van der Waals surface area contributed by atoms with E-state index >= 15 is 0 Å². The zero-order chi connectivity index (χ0) is 20.4. The minimum Gasteiger partial charge on any atom is -0.493 e. The Labute approximate surface area is 171 Å². The van der Waals surface area contributed by atoms with Gasteiger partial charge >= 0.3 is 0 Å². The molecule has 0 bridgehead atoms. The molecule has 29 heavy (non-hydrogen) atoms. The molecule has 8 heteroatoms. The number of amides is 1. The summed E-state index contributed by atoms with van der Waals surface area (Å²) in [6.07, 6.45) is 0. The Morgan fingerprint density at radius 3 is 2.59 bits per heavy atom. The molecule has 0 saturated heterocycles. The van der Waals surface area contributed by atoms with Gasteiger partial charge in [-0.2, -0.15) is 4.98 Å². The highest BCUT2D eigenvalue weighted by Gasteiger charge is 2.14. The van der Waals surface area contributed by atoms with E-state index in [4.69, 9.17) is 4.74 Å². The summed E-state index contributed by atoms with van der Waals surface area (Å²) >= 11 is 1.39. The number of ether oxygens (including phenoxy) is 1. The fraction of sp³-hybridized carbons (Fsp3) is 0.190. The molecule has 6 nitrogen and oxygen atoms in total. The van der Waals surface area contributed by atoms with Crippen LogP contribution in [-0.2, 0) is 0 Å². The maximum atomic E-state index is 13.2. The first kappa shape index (κ1) is 19.1. The van der Waals surface area contributed by atoms with E-state index in [0.717, 1.165) is 17.0 Å². The van der Waals surface area contributed by atoms with Crippen molar-refractivity contribution in [2.24, 2.45) is 5.92 Å². The number of thiazole rings is 1. The molecule has 2 aromatic carbocycles. The molecule has 4 aromatic rings. The number of hydrogen-bond acceptors (Lipinski definition) is 5. The van der Waals surface area contributed by atoms with E-state index in [1.165, 1.54) is 23.5 Å². The molecular formula is C21H19FN4O2S. The van der Waals surface area contributed by atoms with Gasteiger partial charge in [0.1, 0.15) is 11.6 Å². The van der Waals surface area contributed by atoms with E-state index in [-0.39, 0.29) is 17.7 Å². The number of aromatic nitrogens is 3. The third-order valence-corrected chi connectivity index (χ3v) is 4.96. The SMILES string of the molecule is CC(C)COc1ccc(C(=O)Nc2nc3scc(-c4ccc(F)cc4)n3n2)cc1. The number of rotatable bonds is 6. The minimum atomic E-state index is -0.304. The van der Waals surface area contributed by atoms with Gasteiger partial charge in [-0.05, 0) is 54.4 Å². The molecule has 148 valence electrons. The van der Waals surface area contributed by atoms with E-state index in [0.29, 0.717) is 23.0 Å². The first-order valence-electron chi connectivity index (χ1n) is 9.14. The van der Waals surface area contributed by atoms with Crippen molar-refractivity contribution in [3.8, 4) is 17.0 Å². The third-order valence-electron chi connectivity index (χ3n) is 4.15. The Hall–Kier alpha value is -3.26. The van der Waals surface area contributed by atoms with Crippen LogP contribution in [0.15, 0.2) is 53.9 Å². The lowest BCUT2D eigenvalue weighted by Crippen LogP contribution is -2.13. The standard InChI is InChI=1S/C21H19FN4O2S/c1-13(2)11-28-17-9-5-15(6-10-17)19(27)23-20-24-21-26(25-20)18(12-29-21)14-3-7-16(22)8-4-14/h3-10,12-13H,11H2,1-2H3,(H,23,25,27). The maximum Gasteiger partial charge on any atom is 0.258 e. The number of anilines is 1. The van der Waals surface area contributed by atoms with E-state index in [1.807, 2.05) is 5.38 Å². The molecule has 2 heterocycles. The summed E-state index contributed by atoms with van der Waals surface area (Å²) in [5.41, 5.74) is 2.08. The molecule has 0 aliphatic carbocycles. The normalized spacial score (nSPS) is 11.2. The van der Waals surface area contributed by atoms with Crippen LogP contribution in [0.1, 0.15) is 24.2 Å². The van der Waals surface area contributed by atoms with E-state index in [2.05, 4.69) is 29.2 Å². The molecule has 0 aliphatic heterocycles.